The van der Waals surface area contributed by atoms with Crippen LogP contribution in [0.4, 0.5) is 0 Å². The minimum Gasteiger partial charge on any atom is -0.302 e. The number of rotatable bonds is 4. The van der Waals surface area contributed by atoms with Crippen molar-refractivity contribution in [2.24, 2.45) is 5.92 Å². The highest BCUT2D eigenvalue weighted by molar-refractivity contribution is 8.21. The summed E-state index contributed by atoms with van der Waals surface area (Å²) in [5.74, 6) is 2.20. The maximum absolute atomic E-state index is 2.75. The van der Waals surface area contributed by atoms with E-state index in [1.807, 2.05) is 0 Å². The second kappa shape index (κ2) is 7.85. The van der Waals surface area contributed by atoms with Crippen molar-refractivity contribution in [3.05, 3.63) is 71.3 Å². The fourth-order valence-corrected chi connectivity index (χ4v) is 8.97. The highest BCUT2D eigenvalue weighted by Crippen LogP contribution is 2.61. The standard InChI is InChI=1S/C24H29NS2/c1-2-6-19(7-3-1)16-20-11-14-25(15-12-20)17-22-18-26-24(27-22)13-10-21-8-4-5-9-23(21)24/h1-9,20,22H,10-18H2/t22-,24+/m0/s1. The second-order valence-corrected chi connectivity index (χ2v) is 11.6. The van der Waals surface area contributed by atoms with E-state index in [2.05, 4.69) is 83.0 Å². The summed E-state index contributed by atoms with van der Waals surface area (Å²) < 4.78 is 0.368. The van der Waals surface area contributed by atoms with Crippen molar-refractivity contribution in [3.63, 3.8) is 0 Å². The summed E-state index contributed by atoms with van der Waals surface area (Å²) >= 11 is 4.51. The van der Waals surface area contributed by atoms with Crippen LogP contribution in [0.15, 0.2) is 54.6 Å². The summed E-state index contributed by atoms with van der Waals surface area (Å²) in [6, 6.07) is 20.2. The molecule has 2 aromatic rings. The van der Waals surface area contributed by atoms with Gasteiger partial charge in [0, 0.05) is 17.5 Å². The van der Waals surface area contributed by atoms with Crippen LogP contribution in [0.3, 0.4) is 0 Å². The van der Waals surface area contributed by atoms with Crippen molar-refractivity contribution in [2.75, 3.05) is 25.4 Å². The van der Waals surface area contributed by atoms with Crippen molar-refractivity contribution in [1.82, 2.24) is 4.90 Å². The predicted molar refractivity (Wildman–Crippen MR) is 120 cm³/mol. The first-order valence-corrected chi connectivity index (χ1v) is 12.3. The van der Waals surface area contributed by atoms with E-state index < -0.39 is 0 Å². The Bertz CT molecular complexity index is 769. The fraction of sp³-hybridized carbons (Fsp3) is 0.500. The molecule has 0 amide bonds. The van der Waals surface area contributed by atoms with Crippen LogP contribution in [0.25, 0.3) is 0 Å². The molecule has 3 aliphatic rings. The van der Waals surface area contributed by atoms with Crippen LogP contribution in [0.1, 0.15) is 36.0 Å². The Morgan fingerprint density at radius 1 is 0.963 bits per heavy atom. The zero-order chi connectivity index (χ0) is 18.1. The number of hydrogen-bond acceptors (Lipinski definition) is 3. The molecule has 0 radical (unpaired) electrons. The molecule has 27 heavy (non-hydrogen) atoms. The molecular weight excluding hydrogens is 366 g/mol. The van der Waals surface area contributed by atoms with Crippen molar-refractivity contribution < 1.29 is 0 Å². The molecule has 2 aromatic carbocycles. The summed E-state index contributed by atoms with van der Waals surface area (Å²) in [5, 5.41) is 0.798. The van der Waals surface area contributed by atoms with E-state index in [9.17, 15) is 0 Å². The molecule has 2 atom stereocenters. The number of nitrogens with zero attached hydrogens (tertiary/aromatic N) is 1. The number of likely N-dealkylation sites (tertiary alicyclic amines) is 1. The van der Waals surface area contributed by atoms with Gasteiger partial charge in [0.1, 0.15) is 0 Å². The van der Waals surface area contributed by atoms with Gasteiger partial charge < -0.3 is 4.90 Å². The van der Waals surface area contributed by atoms with Gasteiger partial charge in [-0.1, -0.05) is 54.6 Å². The fourth-order valence-electron chi connectivity index (χ4n) is 5.08. The van der Waals surface area contributed by atoms with Gasteiger partial charge in [-0.2, -0.15) is 0 Å². The van der Waals surface area contributed by atoms with E-state index in [4.69, 9.17) is 0 Å². The quantitative estimate of drug-likeness (QED) is 0.664. The molecule has 0 aromatic heterocycles. The lowest BCUT2D eigenvalue weighted by atomic mass is 9.90. The SMILES string of the molecule is c1ccc(CC2CCN(C[C@H]3CS[C@]4(CCc5ccccc54)S3)CC2)cc1. The van der Waals surface area contributed by atoms with E-state index in [-0.39, 0.29) is 0 Å². The Hall–Kier alpha value is -0.900. The third-order valence-electron chi connectivity index (χ3n) is 6.55. The van der Waals surface area contributed by atoms with Crippen LogP contribution in [-0.4, -0.2) is 35.5 Å². The van der Waals surface area contributed by atoms with Gasteiger partial charge in [0.15, 0.2) is 0 Å². The van der Waals surface area contributed by atoms with Gasteiger partial charge in [0.2, 0.25) is 0 Å². The molecule has 3 heteroatoms. The molecule has 1 spiro atoms. The molecule has 0 bridgehead atoms. The van der Waals surface area contributed by atoms with Crippen molar-refractivity contribution >= 4 is 23.5 Å². The Morgan fingerprint density at radius 2 is 1.74 bits per heavy atom. The number of hydrogen-bond donors (Lipinski definition) is 0. The second-order valence-electron chi connectivity index (χ2n) is 8.39. The molecule has 0 saturated carbocycles. The van der Waals surface area contributed by atoms with Crippen LogP contribution in [-0.2, 0) is 16.9 Å². The van der Waals surface area contributed by atoms with E-state index in [1.165, 1.54) is 63.1 Å². The van der Waals surface area contributed by atoms with Gasteiger partial charge in [-0.25, -0.2) is 0 Å². The molecule has 0 N–H and O–H groups in total. The van der Waals surface area contributed by atoms with Crippen LogP contribution < -0.4 is 0 Å². The number of fused-ring (bicyclic) bond motifs is 2. The van der Waals surface area contributed by atoms with Gasteiger partial charge in [0.05, 0.1) is 4.08 Å². The molecule has 142 valence electrons. The maximum atomic E-state index is 2.75. The molecular formula is C24H29NS2. The minimum absolute atomic E-state index is 0.368. The topological polar surface area (TPSA) is 3.24 Å². The lowest BCUT2D eigenvalue weighted by Gasteiger charge is -2.33. The first-order valence-electron chi connectivity index (χ1n) is 10.5. The average Bonchev–Trinajstić information content (AvgIpc) is 3.29. The van der Waals surface area contributed by atoms with Crippen molar-refractivity contribution in [3.8, 4) is 0 Å². The van der Waals surface area contributed by atoms with Crippen LogP contribution in [0, 0.1) is 5.92 Å². The number of benzene rings is 2. The minimum atomic E-state index is 0.368. The molecule has 2 aliphatic heterocycles. The first-order chi connectivity index (χ1) is 13.3. The molecule has 2 saturated heterocycles. The van der Waals surface area contributed by atoms with Crippen LogP contribution >= 0.6 is 23.5 Å². The molecule has 1 nitrogen and oxygen atoms in total. The molecule has 1 aliphatic carbocycles. The first kappa shape index (κ1) is 18.1. The van der Waals surface area contributed by atoms with Crippen LogP contribution in [0.2, 0.25) is 0 Å². The third-order valence-corrected chi connectivity index (χ3v) is 10.3. The summed E-state index contributed by atoms with van der Waals surface area (Å²) in [6.45, 7) is 3.88. The highest BCUT2D eigenvalue weighted by Gasteiger charge is 2.46. The van der Waals surface area contributed by atoms with Gasteiger partial charge in [-0.15, -0.1) is 23.5 Å². The zero-order valence-electron chi connectivity index (χ0n) is 16.0. The van der Waals surface area contributed by atoms with Crippen LogP contribution in [0.5, 0.6) is 0 Å². The van der Waals surface area contributed by atoms with E-state index in [1.54, 1.807) is 11.1 Å². The molecule has 2 heterocycles. The largest absolute Gasteiger partial charge is 0.302 e. The van der Waals surface area contributed by atoms with Gasteiger partial charge in [-0.05, 0) is 67.8 Å². The van der Waals surface area contributed by atoms with E-state index in [0.717, 1.165) is 11.2 Å². The Kier molecular flexibility index (Phi) is 5.28. The van der Waals surface area contributed by atoms with Crippen molar-refractivity contribution in [2.45, 2.75) is 41.4 Å². The van der Waals surface area contributed by atoms with E-state index >= 15 is 0 Å². The summed E-state index contributed by atoms with van der Waals surface area (Å²) in [6.07, 6.45) is 6.61. The predicted octanol–water partition coefficient (Wildman–Crippen LogP) is 5.59. The molecule has 5 rings (SSSR count). The highest BCUT2D eigenvalue weighted by atomic mass is 32.2. The van der Waals surface area contributed by atoms with Gasteiger partial charge in [-0.3, -0.25) is 0 Å². The molecule has 0 unspecified atom stereocenters. The Labute approximate surface area is 172 Å². The van der Waals surface area contributed by atoms with E-state index in [0.29, 0.717) is 4.08 Å². The number of piperidine rings is 1. The lowest BCUT2D eigenvalue weighted by molar-refractivity contribution is 0.186. The summed E-state index contributed by atoms with van der Waals surface area (Å²) in [4.78, 5) is 2.75. The third kappa shape index (κ3) is 3.83. The Balaban J connectivity index is 1.13. The normalized spacial score (nSPS) is 28.7. The zero-order valence-corrected chi connectivity index (χ0v) is 17.6. The maximum Gasteiger partial charge on any atom is 0.0869 e. The number of aryl methyl sites for hydroxylation is 1. The Morgan fingerprint density at radius 3 is 2.59 bits per heavy atom. The van der Waals surface area contributed by atoms with Gasteiger partial charge in [0.25, 0.3) is 0 Å². The van der Waals surface area contributed by atoms with Crippen molar-refractivity contribution in [1.29, 1.82) is 0 Å². The van der Waals surface area contributed by atoms with Gasteiger partial charge >= 0.3 is 0 Å². The number of thioether (sulfide) groups is 2. The summed E-state index contributed by atoms with van der Waals surface area (Å²) in [7, 11) is 0. The average molecular weight is 396 g/mol. The molecule has 2 fully saturated rings. The smallest absolute Gasteiger partial charge is 0.0869 e. The lowest BCUT2D eigenvalue weighted by Crippen LogP contribution is -2.38. The monoisotopic (exact) mass is 395 g/mol. The summed E-state index contributed by atoms with van der Waals surface area (Å²) in [5.41, 5.74) is 4.74.